The van der Waals surface area contributed by atoms with Gasteiger partial charge in [-0.05, 0) is 12.3 Å². The van der Waals surface area contributed by atoms with E-state index in [4.69, 9.17) is 5.26 Å². The fourth-order valence-electron chi connectivity index (χ4n) is 0.708. The number of hydrogen-bond donors (Lipinski definition) is 1. The van der Waals surface area contributed by atoms with Crippen LogP contribution in [-0.2, 0) is 4.79 Å². The van der Waals surface area contributed by atoms with Crippen LogP contribution >= 0.6 is 0 Å². The van der Waals surface area contributed by atoms with Crippen molar-refractivity contribution in [1.82, 2.24) is 5.32 Å². The molecule has 0 aromatic rings. The first-order valence-electron chi connectivity index (χ1n) is 3.46. The van der Waals surface area contributed by atoms with E-state index < -0.39 is 0 Å². The van der Waals surface area contributed by atoms with Gasteiger partial charge in [0.1, 0.15) is 6.04 Å². The normalized spacial score (nSPS) is 14.2. The van der Waals surface area contributed by atoms with Crippen molar-refractivity contribution < 1.29 is 4.79 Å². The lowest BCUT2D eigenvalue weighted by molar-refractivity contribution is -0.109. The number of nitriles is 1. The van der Waals surface area contributed by atoms with Gasteiger partial charge in [0, 0.05) is 0 Å². The Labute approximate surface area is 66.7 Å². The summed E-state index contributed by atoms with van der Waals surface area (Å²) in [6.07, 6.45) is 2.93. The van der Waals surface area contributed by atoms with E-state index in [1.165, 1.54) is 0 Å². The lowest BCUT2D eigenvalue weighted by Crippen LogP contribution is -2.27. The van der Waals surface area contributed by atoms with Crippen LogP contribution in [0.5, 0.6) is 0 Å². The van der Waals surface area contributed by atoms with Crippen molar-refractivity contribution in [2.45, 2.75) is 19.4 Å². The predicted molar refractivity (Wildman–Crippen MR) is 42.6 cm³/mol. The van der Waals surface area contributed by atoms with Crippen LogP contribution in [0.25, 0.3) is 0 Å². The maximum absolute atomic E-state index is 9.96. The highest BCUT2D eigenvalue weighted by atomic mass is 16.1. The second-order valence-corrected chi connectivity index (χ2v) is 2.41. The summed E-state index contributed by atoms with van der Waals surface area (Å²) >= 11 is 0. The molecule has 2 unspecified atom stereocenters. The molecule has 0 aliphatic rings. The lowest BCUT2D eigenvalue weighted by Gasteiger charge is -2.09. The van der Waals surface area contributed by atoms with Gasteiger partial charge in [-0.1, -0.05) is 13.0 Å². The summed E-state index contributed by atoms with van der Waals surface area (Å²) in [5.74, 6) is 0.257. The van der Waals surface area contributed by atoms with Gasteiger partial charge in [0.2, 0.25) is 6.41 Å². The zero-order chi connectivity index (χ0) is 8.69. The molecule has 0 radical (unpaired) electrons. The topological polar surface area (TPSA) is 52.9 Å². The number of hydrogen-bond acceptors (Lipinski definition) is 2. The van der Waals surface area contributed by atoms with E-state index in [-0.39, 0.29) is 12.0 Å². The summed E-state index contributed by atoms with van der Waals surface area (Å²) < 4.78 is 0. The molecule has 0 rings (SSSR count). The molecule has 11 heavy (non-hydrogen) atoms. The largest absolute Gasteiger partial charge is 0.343 e. The molecule has 0 aliphatic carbocycles. The highest BCUT2D eigenvalue weighted by Gasteiger charge is 2.07. The van der Waals surface area contributed by atoms with Crippen molar-refractivity contribution in [1.29, 1.82) is 5.26 Å². The second kappa shape index (κ2) is 5.48. The number of rotatable bonds is 5. The Bertz CT molecular complexity index is 171. The van der Waals surface area contributed by atoms with E-state index in [1.807, 2.05) is 13.0 Å². The third-order valence-corrected chi connectivity index (χ3v) is 1.43. The van der Waals surface area contributed by atoms with Crippen LogP contribution in [-0.4, -0.2) is 12.5 Å². The summed E-state index contributed by atoms with van der Waals surface area (Å²) in [7, 11) is 0. The van der Waals surface area contributed by atoms with E-state index in [0.717, 1.165) is 0 Å². The molecule has 3 nitrogen and oxygen atoms in total. The highest BCUT2D eigenvalue weighted by molar-refractivity contribution is 5.47. The minimum Gasteiger partial charge on any atom is -0.343 e. The van der Waals surface area contributed by atoms with Crippen molar-refractivity contribution in [2.24, 2.45) is 5.92 Å². The molecule has 0 heterocycles. The Morgan fingerprint density at radius 1 is 1.82 bits per heavy atom. The summed E-state index contributed by atoms with van der Waals surface area (Å²) in [6, 6.07) is 1.59. The van der Waals surface area contributed by atoms with Gasteiger partial charge in [-0.15, -0.1) is 6.58 Å². The minimum absolute atomic E-state index is 0.257. The van der Waals surface area contributed by atoms with Crippen molar-refractivity contribution in [3.63, 3.8) is 0 Å². The Balaban J connectivity index is 3.78. The van der Waals surface area contributed by atoms with Gasteiger partial charge in [0.15, 0.2) is 0 Å². The van der Waals surface area contributed by atoms with Gasteiger partial charge in [-0.2, -0.15) is 5.26 Å². The van der Waals surface area contributed by atoms with E-state index in [9.17, 15) is 4.79 Å². The average molecular weight is 152 g/mol. The van der Waals surface area contributed by atoms with Crippen LogP contribution < -0.4 is 5.32 Å². The molecule has 0 saturated heterocycles. The number of amides is 1. The van der Waals surface area contributed by atoms with Crippen LogP contribution in [0.3, 0.4) is 0 Å². The number of nitrogens with one attached hydrogen (secondary N) is 1. The molecule has 0 fully saturated rings. The standard InChI is InChI=1S/C8H12N2O/c1-3-7(2)4-8(5-9)10-6-11/h3,6-8H,1,4H2,2H3,(H,10,11). The zero-order valence-electron chi connectivity index (χ0n) is 6.58. The van der Waals surface area contributed by atoms with Crippen molar-refractivity contribution in [2.75, 3.05) is 0 Å². The smallest absolute Gasteiger partial charge is 0.208 e. The summed E-state index contributed by atoms with van der Waals surface area (Å²) in [5, 5.41) is 10.9. The van der Waals surface area contributed by atoms with Crippen molar-refractivity contribution in [3.05, 3.63) is 12.7 Å². The first-order valence-corrected chi connectivity index (χ1v) is 3.46. The van der Waals surface area contributed by atoms with Crippen molar-refractivity contribution in [3.8, 4) is 6.07 Å². The Morgan fingerprint density at radius 2 is 2.45 bits per heavy atom. The lowest BCUT2D eigenvalue weighted by atomic mass is 10.0. The van der Waals surface area contributed by atoms with Crippen LogP contribution in [0, 0.1) is 17.2 Å². The van der Waals surface area contributed by atoms with Gasteiger partial charge in [-0.3, -0.25) is 4.79 Å². The van der Waals surface area contributed by atoms with Gasteiger partial charge in [0.25, 0.3) is 0 Å². The number of carbonyl (C=O) groups excluding carboxylic acids is 1. The first-order chi connectivity index (χ1) is 5.24. The molecule has 60 valence electrons. The molecule has 3 heteroatoms. The third kappa shape index (κ3) is 4.15. The van der Waals surface area contributed by atoms with Crippen LogP contribution in [0.4, 0.5) is 0 Å². The molecule has 0 bridgehead atoms. The van der Waals surface area contributed by atoms with Crippen LogP contribution in [0.1, 0.15) is 13.3 Å². The van der Waals surface area contributed by atoms with E-state index >= 15 is 0 Å². The third-order valence-electron chi connectivity index (χ3n) is 1.43. The maximum Gasteiger partial charge on any atom is 0.208 e. The number of carbonyl (C=O) groups is 1. The number of nitrogens with zero attached hydrogens (tertiary/aromatic N) is 1. The van der Waals surface area contributed by atoms with E-state index in [0.29, 0.717) is 12.8 Å². The van der Waals surface area contributed by atoms with E-state index in [2.05, 4.69) is 11.9 Å². The summed E-state index contributed by atoms with van der Waals surface area (Å²) in [6.45, 7) is 5.53. The minimum atomic E-state index is -0.388. The quantitative estimate of drug-likeness (QED) is 0.468. The first kappa shape index (κ1) is 9.70. The molecule has 0 spiro atoms. The van der Waals surface area contributed by atoms with Crippen LogP contribution in [0.2, 0.25) is 0 Å². The van der Waals surface area contributed by atoms with Gasteiger partial charge in [0.05, 0.1) is 6.07 Å². The van der Waals surface area contributed by atoms with E-state index in [1.54, 1.807) is 6.08 Å². The maximum atomic E-state index is 9.96. The van der Waals surface area contributed by atoms with Gasteiger partial charge < -0.3 is 5.32 Å². The Kier molecular flexibility index (Phi) is 4.83. The fraction of sp³-hybridized carbons (Fsp3) is 0.500. The molecule has 2 atom stereocenters. The molecule has 1 amide bonds. The molecule has 0 aromatic heterocycles. The van der Waals surface area contributed by atoms with Crippen LogP contribution in [0.15, 0.2) is 12.7 Å². The fourth-order valence-corrected chi connectivity index (χ4v) is 0.708. The monoisotopic (exact) mass is 152 g/mol. The summed E-state index contributed by atoms with van der Waals surface area (Å²) in [4.78, 5) is 9.96. The van der Waals surface area contributed by atoms with Gasteiger partial charge >= 0.3 is 0 Å². The second-order valence-electron chi connectivity index (χ2n) is 2.41. The molecular weight excluding hydrogens is 140 g/mol. The molecular formula is C8H12N2O. The molecule has 0 aromatic carbocycles. The molecule has 0 saturated carbocycles. The predicted octanol–water partition coefficient (Wildman–Crippen LogP) is 0.837. The SMILES string of the molecule is C=CC(C)CC(C#N)NC=O. The zero-order valence-corrected chi connectivity index (χ0v) is 6.58. The Morgan fingerprint density at radius 3 is 2.82 bits per heavy atom. The van der Waals surface area contributed by atoms with Gasteiger partial charge in [-0.25, -0.2) is 0 Å². The average Bonchev–Trinajstić information content (AvgIpc) is 2.03. The summed E-state index contributed by atoms with van der Waals surface area (Å²) in [5.41, 5.74) is 0. The number of allylic oxidation sites excluding steroid dienone is 1. The highest BCUT2D eigenvalue weighted by Crippen LogP contribution is 2.05. The molecule has 1 N–H and O–H groups in total. The Hall–Kier alpha value is -1.30. The van der Waals surface area contributed by atoms with Crippen molar-refractivity contribution >= 4 is 6.41 Å². The molecule has 0 aliphatic heterocycles.